The van der Waals surface area contributed by atoms with Gasteiger partial charge in [0.1, 0.15) is 0 Å². The van der Waals surface area contributed by atoms with Gasteiger partial charge in [0, 0.05) is 16.5 Å². The number of sulfonamides is 1. The molecule has 1 aromatic heterocycles. The van der Waals surface area contributed by atoms with Gasteiger partial charge in [-0.3, -0.25) is 0 Å². The van der Waals surface area contributed by atoms with Crippen LogP contribution in [0.4, 0.5) is 0 Å². The van der Waals surface area contributed by atoms with E-state index in [2.05, 4.69) is 9.71 Å². The minimum absolute atomic E-state index is 0.0513. The van der Waals surface area contributed by atoms with Crippen molar-refractivity contribution in [3.63, 3.8) is 0 Å². The van der Waals surface area contributed by atoms with Crippen LogP contribution in [0.1, 0.15) is 38.2 Å². The van der Waals surface area contributed by atoms with Crippen LogP contribution in [0.5, 0.6) is 0 Å². The van der Waals surface area contributed by atoms with Crippen LogP contribution >= 0.6 is 0 Å². The second kappa shape index (κ2) is 7.37. The zero-order valence-corrected chi connectivity index (χ0v) is 17.0. The minimum Gasteiger partial charge on any atom is -0.461 e. The van der Waals surface area contributed by atoms with Gasteiger partial charge in [0.25, 0.3) is 0 Å². The number of nitrogens with one attached hydrogen (secondary N) is 1. The summed E-state index contributed by atoms with van der Waals surface area (Å²) in [4.78, 5) is 16.3. The molecule has 3 rings (SSSR count). The standard InChI is InChI=1S/C20H22N2O5S/c1-5-26-19(23)17-18(27-12-21-17)15-10-11-16(14-9-7-6-8-13(14)15)28(24,25)22-20(2,3)4/h6-12,22H,5H2,1-4H3. The van der Waals surface area contributed by atoms with E-state index in [1.54, 1.807) is 58.0 Å². The minimum atomic E-state index is -3.75. The summed E-state index contributed by atoms with van der Waals surface area (Å²) in [6.07, 6.45) is 1.17. The number of rotatable bonds is 5. The van der Waals surface area contributed by atoms with Crippen LogP contribution in [-0.2, 0) is 14.8 Å². The predicted molar refractivity (Wildman–Crippen MR) is 105 cm³/mol. The van der Waals surface area contributed by atoms with Crippen molar-refractivity contribution in [2.75, 3.05) is 6.61 Å². The molecule has 0 saturated heterocycles. The van der Waals surface area contributed by atoms with Crippen molar-refractivity contribution >= 4 is 26.8 Å². The molecule has 148 valence electrons. The lowest BCUT2D eigenvalue weighted by Gasteiger charge is -2.21. The van der Waals surface area contributed by atoms with Crippen molar-refractivity contribution in [2.45, 2.75) is 38.1 Å². The lowest BCUT2D eigenvalue weighted by Crippen LogP contribution is -2.40. The number of fused-ring (bicyclic) bond motifs is 1. The molecule has 8 heteroatoms. The second-order valence-corrected chi connectivity index (χ2v) is 8.91. The predicted octanol–water partition coefficient (Wildman–Crippen LogP) is 3.75. The molecule has 0 aliphatic heterocycles. The summed E-state index contributed by atoms with van der Waals surface area (Å²) in [5.41, 5.74) is -0.0121. The third-order valence-electron chi connectivity index (χ3n) is 3.89. The fraction of sp³-hybridized carbons (Fsp3) is 0.300. The number of benzene rings is 2. The molecule has 7 nitrogen and oxygen atoms in total. The normalized spacial score (nSPS) is 12.3. The number of ether oxygens (including phenoxy) is 1. The Morgan fingerprint density at radius 3 is 2.46 bits per heavy atom. The molecule has 0 radical (unpaired) electrons. The molecular weight excluding hydrogens is 380 g/mol. The Labute approximate surface area is 163 Å². The summed E-state index contributed by atoms with van der Waals surface area (Å²) >= 11 is 0. The highest BCUT2D eigenvalue weighted by molar-refractivity contribution is 7.89. The first kappa shape index (κ1) is 20.0. The third kappa shape index (κ3) is 3.93. The lowest BCUT2D eigenvalue weighted by atomic mass is 10.0. The Hall–Kier alpha value is -2.71. The average Bonchev–Trinajstić information content (AvgIpc) is 3.08. The molecule has 0 atom stereocenters. The Bertz CT molecular complexity index is 1130. The van der Waals surface area contributed by atoms with Crippen molar-refractivity contribution < 1.29 is 22.4 Å². The summed E-state index contributed by atoms with van der Waals surface area (Å²) < 4.78 is 38.9. The van der Waals surface area contributed by atoms with E-state index in [9.17, 15) is 13.2 Å². The first-order valence-electron chi connectivity index (χ1n) is 8.81. The number of oxazole rings is 1. The maximum Gasteiger partial charge on any atom is 0.360 e. The molecule has 0 spiro atoms. The van der Waals surface area contributed by atoms with E-state index in [0.29, 0.717) is 16.3 Å². The Kier molecular flexibility index (Phi) is 5.27. The van der Waals surface area contributed by atoms with Gasteiger partial charge in [0.2, 0.25) is 10.0 Å². The highest BCUT2D eigenvalue weighted by Crippen LogP contribution is 2.34. The van der Waals surface area contributed by atoms with Gasteiger partial charge in [-0.05, 0) is 45.2 Å². The van der Waals surface area contributed by atoms with Gasteiger partial charge >= 0.3 is 5.97 Å². The summed E-state index contributed by atoms with van der Waals surface area (Å²) in [6.45, 7) is 7.25. The number of aromatic nitrogens is 1. The van der Waals surface area contributed by atoms with Gasteiger partial charge < -0.3 is 9.15 Å². The lowest BCUT2D eigenvalue weighted by molar-refractivity contribution is 0.0520. The van der Waals surface area contributed by atoms with E-state index in [-0.39, 0.29) is 23.0 Å². The van der Waals surface area contributed by atoms with Gasteiger partial charge in [-0.25, -0.2) is 22.9 Å². The third-order valence-corrected chi connectivity index (χ3v) is 5.71. The number of hydrogen-bond acceptors (Lipinski definition) is 6. The van der Waals surface area contributed by atoms with Crippen molar-refractivity contribution in [3.05, 3.63) is 48.5 Å². The van der Waals surface area contributed by atoms with Crippen molar-refractivity contribution in [2.24, 2.45) is 0 Å². The molecular formula is C20H22N2O5S. The fourth-order valence-corrected chi connectivity index (χ4v) is 4.57. The number of esters is 1. The zero-order chi connectivity index (χ0) is 20.5. The van der Waals surface area contributed by atoms with Crippen molar-refractivity contribution in [1.29, 1.82) is 0 Å². The first-order chi connectivity index (χ1) is 13.1. The zero-order valence-electron chi connectivity index (χ0n) is 16.1. The maximum atomic E-state index is 12.9. The molecule has 0 amide bonds. The number of carbonyl (C=O) groups excluding carboxylic acids is 1. The molecule has 3 aromatic rings. The monoisotopic (exact) mass is 402 g/mol. The summed E-state index contributed by atoms with van der Waals surface area (Å²) in [7, 11) is -3.75. The second-order valence-electron chi connectivity index (χ2n) is 7.26. The largest absolute Gasteiger partial charge is 0.461 e. The van der Waals surface area contributed by atoms with E-state index in [1.165, 1.54) is 12.5 Å². The first-order valence-corrected chi connectivity index (χ1v) is 10.3. The van der Waals surface area contributed by atoms with Crippen LogP contribution in [0.2, 0.25) is 0 Å². The van der Waals surface area contributed by atoms with Crippen LogP contribution in [0.25, 0.3) is 22.1 Å². The topological polar surface area (TPSA) is 98.5 Å². The van der Waals surface area contributed by atoms with Crippen LogP contribution in [-0.4, -0.2) is 31.5 Å². The summed E-state index contributed by atoms with van der Waals surface area (Å²) in [5, 5.41) is 1.14. The number of hydrogen-bond donors (Lipinski definition) is 1. The van der Waals surface area contributed by atoms with Crippen LogP contribution < -0.4 is 4.72 Å². The summed E-state index contributed by atoms with van der Waals surface area (Å²) in [5.74, 6) is -0.358. The Morgan fingerprint density at radius 2 is 1.82 bits per heavy atom. The van der Waals surface area contributed by atoms with Gasteiger partial charge in [0.05, 0.1) is 11.5 Å². The van der Waals surface area contributed by atoms with E-state index in [4.69, 9.17) is 9.15 Å². The van der Waals surface area contributed by atoms with E-state index >= 15 is 0 Å². The Balaban J connectivity index is 2.20. The molecule has 2 aromatic carbocycles. The van der Waals surface area contributed by atoms with Crippen LogP contribution in [0, 0.1) is 0 Å². The molecule has 0 aliphatic rings. The van der Waals surface area contributed by atoms with Gasteiger partial charge in [-0.15, -0.1) is 0 Å². The van der Waals surface area contributed by atoms with Gasteiger partial charge in [0.15, 0.2) is 17.8 Å². The fourth-order valence-electron chi connectivity index (χ4n) is 2.94. The quantitative estimate of drug-likeness (QED) is 0.653. The average molecular weight is 402 g/mol. The molecule has 0 saturated carbocycles. The number of carbonyl (C=O) groups is 1. The molecule has 1 heterocycles. The molecule has 28 heavy (non-hydrogen) atoms. The molecule has 1 N–H and O–H groups in total. The van der Waals surface area contributed by atoms with Gasteiger partial charge in [-0.2, -0.15) is 0 Å². The highest BCUT2D eigenvalue weighted by Gasteiger charge is 2.26. The molecule has 0 unspecified atom stereocenters. The SMILES string of the molecule is CCOC(=O)c1ncoc1-c1ccc(S(=O)(=O)NC(C)(C)C)c2ccccc12. The number of nitrogens with zero attached hydrogens (tertiary/aromatic N) is 1. The molecule has 0 bridgehead atoms. The summed E-state index contributed by atoms with van der Waals surface area (Å²) in [6, 6.07) is 10.2. The van der Waals surface area contributed by atoms with Crippen LogP contribution in [0.15, 0.2) is 52.1 Å². The van der Waals surface area contributed by atoms with Crippen molar-refractivity contribution in [1.82, 2.24) is 9.71 Å². The van der Waals surface area contributed by atoms with E-state index in [1.807, 2.05) is 0 Å². The van der Waals surface area contributed by atoms with Gasteiger partial charge in [-0.1, -0.05) is 24.3 Å². The smallest absolute Gasteiger partial charge is 0.360 e. The molecule has 0 fully saturated rings. The van der Waals surface area contributed by atoms with E-state index < -0.39 is 21.5 Å². The Morgan fingerprint density at radius 1 is 1.14 bits per heavy atom. The van der Waals surface area contributed by atoms with Crippen LogP contribution in [0.3, 0.4) is 0 Å². The highest BCUT2D eigenvalue weighted by atomic mass is 32.2. The van der Waals surface area contributed by atoms with E-state index in [0.717, 1.165) is 0 Å². The maximum absolute atomic E-state index is 12.9. The molecule has 0 aliphatic carbocycles. The van der Waals surface area contributed by atoms with Crippen molar-refractivity contribution in [3.8, 4) is 11.3 Å².